The minimum atomic E-state index is -0.430. The van der Waals surface area contributed by atoms with E-state index in [0.717, 1.165) is 5.69 Å². The summed E-state index contributed by atoms with van der Waals surface area (Å²) < 4.78 is 4.75. The number of methoxy groups -OCH3 is 1. The molecule has 1 aromatic carbocycles. The fourth-order valence-electron chi connectivity index (χ4n) is 2.24. The van der Waals surface area contributed by atoms with Gasteiger partial charge in [0.15, 0.2) is 0 Å². The van der Waals surface area contributed by atoms with Crippen molar-refractivity contribution in [3.05, 3.63) is 60.4 Å². The first kappa shape index (κ1) is 17.5. The van der Waals surface area contributed by atoms with Crippen molar-refractivity contribution in [2.75, 3.05) is 19.0 Å². The van der Waals surface area contributed by atoms with Gasteiger partial charge in [-0.2, -0.15) is 0 Å². The van der Waals surface area contributed by atoms with Gasteiger partial charge in [0.2, 0.25) is 0 Å². The summed E-state index contributed by atoms with van der Waals surface area (Å²) in [6.45, 7) is 2.27. The summed E-state index contributed by atoms with van der Waals surface area (Å²) in [4.78, 5) is 30.1. The molecular formula is C18H21N3O3. The Morgan fingerprint density at radius 1 is 1.17 bits per heavy atom. The Labute approximate surface area is 141 Å². The van der Waals surface area contributed by atoms with Crippen molar-refractivity contribution in [1.82, 2.24) is 9.88 Å². The highest BCUT2D eigenvalue weighted by atomic mass is 16.5. The number of nitrogens with zero attached hydrogens (tertiary/aromatic N) is 2. The highest BCUT2D eigenvalue weighted by Crippen LogP contribution is 2.11. The number of ether oxygens (including phenoxy) is 1. The van der Waals surface area contributed by atoms with Gasteiger partial charge in [-0.1, -0.05) is 31.2 Å². The zero-order chi connectivity index (χ0) is 17.4. The van der Waals surface area contributed by atoms with Crippen molar-refractivity contribution >= 4 is 17.7 Å². The van der Waals surface area contributed by atoms with Gasteiger partial charge < -0.3 is 15.0 Å². The molecule has 0 spiro atoms. The number of carbonyl (C=O) groups excluding carboxylic acids is 2. The largest absolute Gasteiger partial charge is 0.469 e. The lowest BCUT2D eigenvalue weighted by atomic mass is 10.1. The van der Waals surface area contributed by atoms with E-state index in [1.165, 1.54) is 7.11 Å². The molecule has 0 saturated heterocycles. The summed E-state index contributed by atoms with van der Waals surface area (Å²) in [6.07, 6.45) is 1.67. The van der Waals surface area contributed by atoms with Crippen molar-refractivity contribution in [1.29, 1.82) is 0 Å². The Hall–Kier alpha value is -2.89. The maximum absolute atomic E-state index is 12.6. The predicted octanol–water partition coefficient (Wildman–Crippen LogP) is 2.92. The van der Waals surface area contributed by atoms with Crippen LogP contribution >= 0.6 is 0 Å². The van der Waals surface area contributed by atoms with Crippen molar-refractivity contribution in [3.63, 3.8) is 0 Å². The van der Waals surface area contributed by atoms with E-state index in [1.54, 1.807) is 30.2 Å². The molecule has 1 aromatic heterocycles. The topological polar surface area (TPSA) is 71.5 Å². The average Bonchev–Trinajstić information content (AvgIpc) is 2.62. The number of pyridine rings is 1. The smallest absolute Gasteiger partial charge is 0.322 e. The molecule has 1 heterocycles. The third-order valence-corrected chi connectivity index (χ3v) is 3.49. The molecule has 0 aliphatic rings. The third kappa shape index (κ3) is 5.08. The van der Waals surface area contributed by atoms with Crippen LogP contribution in [0.5, 0.6) is 0 Å². The van der Waals surface area contributed by atoms with Crippen molar-refractivity contribution < 1.29 is 14.3 Å². The normalized spacial score (nSPS) is 11.4. The zero-order valence-corrected chi connectivity index (χ0v) is 13.8. The number of hydrogen-bond donors (Lipinski definition) is 1. The molecule has 1 unspecified atom stereocenters. The van der Waals surface area contributed by atoms with E-state index >= 15 is 0 Å². The Bertz CT molecular complexity index is 662. The number of amides is 2. The minimum Gasteiger partial charge on any atom is -0.469 e. The standard InChI is InChI=1S/C18H21N3O3/c1-14(17(22)24-2)12-21(13-16-10-6-7-11-19-16)18(23)20-15-8-4-3-5-9-15/h3-11,14H,12-13H2,1-2H3,(H,20,23). The van der Waals surface area contributed by atoms with Gasteiger partial charge in [-0.3, -0.25) is 9.78 Å². The number of esters is 1. The van der Waals surface area contributed by atoms with E-state index in [2.05, 4.69) is 10.3 Å². The van der Waals surface area contributed by atoms with Crippen LogP contribution in [-0.4, -0.2) is 35.5 Å². The first-order valence-electron chi connectivity index (χ1n) is 7.69. The highest BCUT2D eigenvalue weighted by Gasteiger charge is 2.22. The highest BCUT2D eigenvalue weighted by molar-refractivity contribution is 5.89. The number of aromatic nitrogens is 1. The molecule has 0 fully saturated rings. The van der Waals surface area contributed by atoms with Gasteiger partial charge in [0.1, 0.15) is 0 Å². The van der Waals surface area contributed by atoms with Crippen molar-refractivity contribution in [2.24, 2.45) is 5.92 Å². The number of nitrogens with one attached hydrogen (secondary N) is 1. The summed E-state index contributed by atoms with van der Waals surface area (Å²) in [6, 6.07) is 14.4. The number of rotatable bonds is 6. The minimum absolute atomic E-state index is 0.238. The molecule has 126 valence electrons. The summed E-state index contributed by atoms with van der Waals surface area (Å²) in [5.74, 6) is -0.784. The third-order valence-electron chi connectivity index (χ3n) is 3.49. The van der Waals surface area contributed by atoms with E-state index in [-0.39, 0.29) is 18.5 Å². The van der Waals surface area contributed by atoms with Gasteiger partial charge in [0.05, 0.1) is 25.3 Å². The Morgan fingerprint density at radius 2 is 1.88 bits per heavy atom. The molecule has 1 atom stereocenters. The molecule has 0 saturated carbocycles. The first-order chi connectivity index (χ1) is 11.6. The maximum Gasteiger partial charge on any atom is 0.322 e. The van der Waals surface area contributed by atoms with Gasteiger partial charge in [-0.25, -0.2) is 4.79 Å². The maximum atomic E-state index is 12.6. The number of para-hydroxylation sites is 1. The predicted molar refractivity (Wildman–Crippen MR) is 91.3 cm³/mol. The van der Waals surface area contributed by atoms with E-state index in [1.807, 2.05) is 36.4 Å². The van der Waals surface area contributed by atoms with Crippen LogP contribution in [-0.2, 0) is 16.1 Å². The summed E-state index contributed by atoms with van der Waals surface area (Å²) in [5, 5.41) is 2.83. The summed E-state index contributed by atoms with van der Waals surface area (Å²) in [5.41, 5.74) is 1.44. The van der Waals surface area contributed by atoms with Crippen molar-refractivity contribution in [2.45, 2.75) is 13.5 Å². The fraction of sp³-hybridized carbons (Fsp3) is 0.278. The molecule has 6 nitrogen and oxygen atoms in total. The van der Waals surface area contributed by atoms with Crippen LogP contribution < -0.4 is 5.32 Å². The van der Waals surface area contributed by atoms with Crippen LogP contribution in [0.1, 0.15) is 12.6 Å². The molecule has 0 aliphatic carbocycles. The van der Waals surface area contributed by atoms with Crippen molar-refractivity contribution in [3.8, 4) is 0 Å². The number of benzene rings is 1. The Kier molecular flexibility index (Phi) is 6.31. The van der Waals surface area contributed by atoms with Gasteiger partial charge >= 0.3 is 12.0 Å². The van der Waals surface area contributed by atoms with Gasteiger partial charge in [0, 0.05) is 18.4 Å². The zero-order valence-electron chi connectivity index (χ0n) is 13.8. The Balaban J connectivity index is 2.11. The lowest BCUT2D eigenvalue weighted by molar-refractivity contribution is -0.145. The lowest BCUT2D eigenvalue weighted by Gasteiger charge is -2.25. The first-order valence-corrected chi connectivity index (χ1v) is 7.69. The lowest BCUT2D eigenvalue weighted by Crippen LogP contribution is -2.39. The van der Waals surface area contributed by atoms with Crippen LogP contribution in [0, 0.1) is 5.92 Å². The molecule has 6 heteroatoms. The fourth-order valence-corrected chi connectivity index (χ4v) is 2.24. The summed E-state index contributed by atoms with van der Waals surface area (Å²) >= 11 is 0. The average molecular weight is 327 g/mol. The van der Waals surface area contributed by atoms with Crippen LogP contribution in [0.15, 0.2) is 54.7 Å². The molecule has 1 N–H and O–H groups in total. The van der Waals surface area contributed by atoms with Crippen LogP contribution in [0.4, 0.5) is 10.5 Å². The molecule has 24 heavy (non-hydrogen) atoms. The SMILES string of the molecule is COC(=O)C(C)CN(Cc1ccccn1)C(=O)Nc1ccccc1. The molecule has 2 aromatic rings. The molecule has 2 amide bonds. The van der Waals surface area contributed by atoms with E-state index in [0.29, 0.717) is 12.2 Å². The second kappa shape index (κ2) is 8.67. The van der Waals surface area contributed by atoms with Crippen LogP contribution in [0.3, 0.4) is 0 Å². The van der Waals surface area contributed by atoms with E-state index in [9.17, 15) is 9.59 Å². The monoisotopic (exact) mass is 327 g/mol. The quantitative estimate of drug-likeness (QED) is 0.828. The second-order valence-corrected chi connectivity index (χ2v) is 5.42. The number of anilines is 1. The summed E-state index contributed by atoms with van der Waals surface area (Å²) in [7, 11) is 1.34. The number of carbonyl (C=O) groups is 2. The molecule has 0 aliphatic heterocycles. The van der Waals surface area contributed by atoms with Gasteiger partial charge in [0.25, 0.3) is 0 Å². The van der Waals surface area contributed by atoms with E-state index < -0.39 is 5.92 Å². The second-order valence-electron chi connectivity index (χ2n) is 5.42. The van der Waals surface area contributed by atoms with Crippen LogP contribution in [0.25, 0.3) is 0 Å². The molecule has 0 radical (unpaired) electrons. The molecule has 2 rings (SSSR count). The van der Waals surface area contributed by atoms with Gasteiger partial charge in [-0.15, -0.1) is 0 Å². The van der Waals surface area contributed by atoms with Crippen LogP contribution in [0.2, 0.25) is 0 Å². The molecular weight excluding hydrogens is 306 g/mol. The van der Waals surface area contributed by atoms with Gasteiger partial charge in [-0.05, 0) is 24.3 Å². The number of hydrogen-bond acceptors (Lipinski definition) is 4. The molecule has 0 bridgehead atoms. The van der Waals surface area contributed by atoms with E-state index in [4.69, 9.17) is 4.74 Å². The Morgan fingerprint density at radius 3 is 2.50 bits per heavy atom. The number of urea groups is 1.